The number of likely N-dealkylation sites (tertiary alicyclic amines) is 1. The fraction of sp³-hybridized carbons (Fsp3) is 0.821. The third-order valence-corrected chi connectivity index (χ3v) is 7.87. The number of thioether (sulfide) groups is 1. The average molecular weight is 541 g/mol. The molecule has 1 aliphatic rings. The molecule has 0 spiro atoms. The van der Waals surface area contributed by atoms with Crippen LogP contribution in [0.2, 0.25) is 0 Å². The summed E-state index contributed by atoms with van der Waals surface area (Å²) < 4.78 is 0. The lowest BCUT2D eigenvalue weighted by Crippen LogP contribution is -2.58. The monoisotopic (exact) mass is 540 g/mol. The summed E-state index contributed by atoms with van der Waals surface area (Å²) in [6.07, 6.45) is 7.40. The van der Waals surface area contributed by atoms with Crippen molar-refractivity contribution in [1.82, 2.24) is 20.4 Å². The number of hydrogen-bond donors (Lipinski definition) is 3. The number of nitrogens with zero attached hydrogens (tertiary/aromatic N) is 2. The van der Waals surface area contributed by atoms with Crippen molar-refractivity contribution in [1.29, 1.82) is 0 Å². The van der Waals surface area contributed by atoms with Crippen molar-refractivity contribution >= 4 is 29.5 Å². The molecule has 214 valence electrons. The van der Waals surface area contributed by atoms with Crippen molar-refractivity contribution in [3.63, 3.8) is 0 Å². The van der Waals surface area contributed by atoms with Gasteiger partial charge in [0.1, 0.15) is 6.04 Å². The molecule has 4 atom stereocenters. The van der Waals surface area contributed by atoms with Gasteiger partial charge in [-0.3, -0.25) is 19.3 Å². The van der Waals surface area contributed by atoms with E-state index in [4.69, 9.17) is 0 Å². The van der Waals surface area contributed by atoms with E-state index in [9.17, 15) is 19.5 Å². The van der Waals surface area contributed by atoms with Gasteiger partial charge in [0.2, 0.25) is 17.7 Å². The van der Waals surface area contributed by atoms with Crippen molar-refractivity contribution in [2.75, 3.05) is 32.2 Å². The second-order valence-electron chi connectivity index (χ2n) is 11.2. The molecular formula is C28H52N4O4S. The molecular weight excluding hydrogens is 488 g/mol. The van der Waals surface area contributed by atoms with Crippen LogP contribution in [0.25, 0.3) is 0 Å². The third-order valence-electron chi connectivity index (χ3n) is 7.22. The van der Waals surface area contributed by atoms with Crippen LogP contribution < -0.4 is 10.6 Å². The van der Waals surface area contributed by atoms with Crippen LogP contribution in [-0.4, -0.2) is 95.0 Å². The first-order valence-electron chi connectivity index (χ1n) is 13.8. The first-order chi connectivity index (χ1) is 17.3. The van der Waals surface area contributed by atoms with Gasteiger partial charge in [0.05, 0.1) is 24.7 Å². The van der Waals surface area contributed by atoms with Crippen molar-refractivity contribution < 1.29 is 19.5 Å². The Morgan fingerprint density at radius 1 is 1.08 bits per heavy atom. The summed E-state index contributed by atoms with van der Waals surface area (Å²) in [6.45, 7) is 14.6. The highest BCUT2D eigenvalue weighted by molar-refractivity contribution is 7.98. The molecule has 1 heterocycles. The average Bonchev–Trinajstić information content (AvgIpc) is 2.86. The zero-order valence-electron chi connectivity index (χ0n) is 24.5. The van der Waals surface area contributed by atoms with E-state index in [-0.39, 0.29) is 60.3 Å². The van der Waals surface area contributed by atoms with Crippen molar-refractivity contribution in [3.8, 4) is 0 Å². The largest absolute Gasteiger partial charge is 0.394 e. The van der Waals surface area contributed by atoms with Gasteiger partial charge in [0.25, 0.3) is 0 Å². The van der Waals surface area contributed by atoms with Crippen LogP contribution in [0.5, 0.6) is 0 Å². The molecule has 1 fully saturated rings. The molecule has 3 amide bonds. The first-order valence-corrected chi connectivity index (χ1v) is 15.2. The molecule has 0 aromatic carbocycles. The van der Waals surface area contributed by atoms with Crippen LogP contribution in [-0.2, 0) is 14.4 Å². The summed E-state index contributed by atoms with van der Waals surface area (Å²) in [7, 11) is 1.74. The number of rotatable bonds is 14. The molecule has 0 radical (unpaired) electrons. The molecule has 0 aliphatic carbocycles. The van der Waals surface area contributed by atoms with E-state index in [1.165, 1.54) is 0 Å². The Morgan fingerprint density at radius 3 is 2.24 bits per heavy atom. The summed E-state index contributed by atoms with van der Waals surface area (Å²) in [4.78, 5) is 43.7. The lowest BCUT2D eigenvalue weighted by atomic mass is 9.95. The predicted octanol–water partition coefficient (Wildman–Crippen LogP) is 3.05. The van der Waals surface area contributed by atoms with E-state index in [0.29, 0.717) is 12.0 Å². The van der Waals surface area contributed by atoms with E-state index in [2.05, 4.69) is 29.4 Å². The summed E-state index contributed by atoms with van der Waals surface area (Å²) in [5.41, 5.74) is 0.501. The van der Waals surface area contributed by atoms with Crippen LogP contribution >= 0.6 is 11.8 Å². The Balaban J connectivity index is 3.03. The molecule has 9 heteroatoms. The van der Waals surface area contributed by atoms with Crippen molar-refractivity contribution in [3.05, 3.63) is 11.6 Å². The zero-order chi connectivity index (χ0) is 28.3. The number of carbonyl (C=O) groups is 3. The maximum atomic E-state index is 13.7. The number of piperidine rings is 1. The summed E-state index contributed by atoms with van der Waals surface area (Å²) in [5.74, 6) is 0.329. The number of likely N-dealkylation sites (N-methyl/N-ethyl adjacent to an activating group) is 1. The minimum absolute atomic E-state index is 0.0557. The highest BCUT2D eigenvalue weighted by Gasteiger charge is 2.36. The van der Waals surface area contributed by atoms with Gasteiger partial charge in [-0.1, -0.05) is 40.2 Å². The van der Waals surface area contributed by atoms with Gasteiger partial charge < -0.3 is 20.6 Å². The Morgan fingerprint density at radius 2 is 1.73 bits per heavy atom. The molecule has 37 heavy (non-hydrogen) atoms. The summed E-state index contributed by atoms with van der Waals surface area (Å²) >= 11 is 1.67. The lowest BCUT2D eigenvalue weighted by molar-refractivity contribution is -0.140. The highest BCUT2D eigenvalue weighted by atomic mass is 32.2. The van der Waals surface area contributed by atoms with E-state index in [0.717, 1.165) is 31.6 Å². The van der Waals surface area contributed by atoms with E-state index >= 15 is 0 Å². The third kappa shape index (κ3) is 10.2. The molecule has 1 rings (SSSR count). The smallest absolute Gasteiger partial charge is 0.246 e. The topological polar surface area (TPSA) is 102 Å². The fourth-order valence-corrected chi connectivity index (χ4v) is 5.35. The molecule has 0 bridgehead atoms. The Labute approximate surface area is 229 Å². The summed E-state index contributed by atoms with van der Waals surface area (Å²) in [5, 5.41) is 15.6. The van der Waals surface area contributed by atoms with Crippen LogP contribution in [0.1, 0.15) is 74.1 Å². The lowest BCUT2D eigenvalue weighted by Gasteiger charge is -2.39. The first kappa shape index (κ1) is 33.4. The van der Waals surface area contributed by atoms with E-state index < -0.39 is 6.04 Å². The van der Waals surface area contributed by atoms with Gasteiger partial charge in [-0.2, -0.15) is 11.8 Å². The normalized spacial score (nSPS) is 19.6. The molecule has 0 aromatic rings. The maximum absolute atomic E-state index is 13.7. The Bertz CT molecular complexity index is 771. The number of hydrogen-bond acceptors (Lipinski definition) is 6. The van der Waals surface area contributed by atoms with Gasteiger partial charge >= 0.3 is 0 Å². The number of aliphatic hydroxyl groups is 1. The Hall–Kier alpha value is -1.58. The standard InChI is InChI=1S/C28H52N4O4S/c1-18(2)24(16-21(7)26(34)29-22(17-33)13-15-37-9)31(8)28(36)25(19(3)4)30-27(35)23-12-10-11-14-32(23)20(5)6/h16,18-20,22-25,33H,10-15,17H2,1-9H3,(H,29,34)(H,30,35)/b21-16+/t22?,23?,24-,25?/m1/s1. The molecule has 0 saturated carbocycles. The van der Waals surface area contributed by atoms with Crippen LogP contribution in [0.3, 0.4) is 0 Å². The maximum Gasteiger partial charge on any atom is 0.246 e. The molecule has 0 aromatic heterocycles. The minimum atomic E-state index is -0.650. The SMILES string of the molecule is CSCCC(CO)NC(=O)/C(C)=C/[C@H](C(C)C)N(C)C(=O)C(NC(=O)C1CCCCN1C(C)C)C(C)C. The Kier molecular flexibility index (Phi) is 14.8. The van der Waals surface area contributed by atoms with E-state index in [1.54, 1.807) is 30.6 Å². The van der Waals surface area contributed by atoms with Gasteiger partial charge in [-0.05, 0) is 70.4 Å². The van der Waals surface area contributed by atoms with Crippen molar-refractivity contribution in [2.45, 2.75) is 104 Å². The second-order valence-corrected chi connectivity index (χ2v) is 12.2. The van der Waals surface area contributed by atoms with Gasteiger partial charge in [0.15, 0.2) is 0 Å². The number of amides is 3. The molecule has 3 N–H and O–H groups in total. The number of carbonyl (C=O) groups excluding carboxylic acids is 3. The second kappa shape index (κ2) is 16.4. The van der Waals surface area contributed by atoms with Crippen molar-refractivity contribution in [2.24, 2.45) is 11.8 Å². The minimum Gasteiger partial charge on any atom is -0.394 e. The summed E-state index contributed by atoms with van der Waals surface area (Å²) in [6, 6.07) is -1.22. The molecule has 1 saturated heterocycles. The van der Waals surface area contributed by atoms with Crippen LogP contribution in [0.15, 0.2) is 11.6 Å². The predicted molar refractivity (Wildman–Crippen MR) is 153 cm³/mol. The van der Waals surface area contributed by atoms with Gasteiger partial charge in [0, 0.05) is 18.7 Å². The van der Waals surface area contributed by atoms with Gasteiger partial charge in [-0.25, -0.2) is 0 Å². The molecule has 3 unspecified atom stereocenters. The molecule has 8 nitrogen and oxygen atoms in total. The molecule has 1 aliphatic heterocycles. The van der Waals surface area contributed by atoms with Crippen LogP contribution in [0.4, 0.5) is 0 Å². The number of nitrogens with one attached hydrogen (secondary N) is 2. The van der Waals surface area contributed by atoms with E-state index in [1.807, 2.05) is 40.0 Å². The highest BCUT2D eigenvalue weighted by Crippen LogP contribution is 2.21. The fourth-order valence-electron chi connectivity index (χ4n) is 4.83. The zero-order valence-corrected chi connectivity index (χ0v) is 25.4. The van der Waals surface area contributed by atoms with Gasteiger partial charge in [-0.15, -0.1) is 0 Å². The number of aliphatic hydroxyl groups excluding tert-OH is 1. The van der Waals surface area contributed by atoms with Crippen LogP contribution in [0, 0.1) is 11.8 Å². The quantitative estimate of drug-likeness (QED) is 0.293.